The van der Waals surface area contributed by atoms with Crippen LogP contribution in [0.3, 0.4) is 0 Å². The second-order valence-corrected chi connectivity index (χ2v) is 0. The first-order chi connectivity index (χ1) is 1.00. The summed E-state index contributed by atoms with van der Waals surface area (Å²) in [7, 11) is 0. The molecule has 0 fully saturated rings. The lowest BCUT2D eigenvalue weighted by atomic mass is 11.0. The van der Waals surface area contributed by atoms with Crippen LogP contribution in [0.15, 0.2) is 0 Å². The molecule has 0 saturated heterocycles. The summed E-state index contributed by atoms with van der Waals surface area (Å²) in [6.45, 7) is 4.00. The molecule has 0 aromatic rings. The van der Waals surface area contributed by atoms with Gasteiger partial charge in [0.05, 0.1) is 0 Å². The molecule has 0 N–H and O–H groups in total. The van der Waals surface area contributed by atoms with Crippen molar-refractivity contribution in [3.05, 3.63) is 0 Å². The van der Waals surface area contributed by atoms with Gasteiger partial charge in [0.15, 0.2) is 0 Å². The lowest BCUT2D eigenvalue weighted by Gasteiger charge is -1.07. The fourth-order valence-electron chi connectivity index (χ4n) is 0. The second-order valence-electron chi connectivity index (χ2n) is 0. The molecular weight excluding hydrogens is 84.1 g/mol. The maximum Gasteiger partial charge on any atom is 0 e. The smallest absolute Gasteiger partial charge is 0 e. The van der Waals surface area contributed by atoms with Gasteiger partial charge in [-0.25, -0.2) is 0 Å². The molecule has 0 atom stereocenters. The Morgan fingerprint density at radius 3 is 0.571 bits per heavy atom. The molecule has 0 amide bonds. The highest BCUT2D eigenvalue weighted by molar-refractivity contribution is 3.50. The normalized spacial score (nSPS) is 0.857. The first-order valence-electron chi connectivity index (χ1n) is 1.00. The van der Waals surface area contributed by atoms with E-state index >= 15 is 0 Å². The Labute approximate surface area is 56.4 Å². The van der Waals surface area contributed by atoms with Crippen molar-refractivity contribution < 1.29 is 4.28 Å². The molecule has 0 heterocycles. The van der Waals surface area contributed by atoms with Crippen LogP contribution in [0.4, 0.5) is 0 Å². The molecule has 0 unspecified atom stereocenters. The molecule has 0 spiro atoms. The van der Waals surface area contributed by atoms with Crippen LogP contribution < -0.4 is 0 Å². The van der Waals surface area contributed by atoms with E-state index in [0.717, 1.165) is 0 Å². The van der Waals surface area contributed by atoms with E-state index in [-0.39, 0.29) is 41.4 Å². The van der Waals surface area contributed by atoms with E-state index in [1.165, 1.54) is 0 Å². The maximum absolute atomic E-state index is 2.00. The molecule has 0 aromatic carbocycles. The van der Waals surface area contributed by atoms with Crippen molar-refractivity contribution in [3.63, 3.8) is 0 Å². The molecule has 60 valence electrons. The molecule has 0 saturated carbocycles. The summed E-state index contributed by atoms with van der Waals surface area (Å²) < 4.78 is 0. The zero-order valence-corrected chi connectivity index (χ0v) is 2.00. The van der Waals surface area contributed by atoms with Crippen LogP contribution in [-0.4, -0.2) is 0 Å². The summed E-state index contributed by atoms with van der Waals surface area (Å²) in [6.07, 6.45) is 0. The van der Waals surface area contributed by atoms with Crippen molar-refractivity contribution in [2.75, 3.05) is 0 Å². The third kappa shape index (κ3) is 0. The van der Waals surface area contributed by atoms with Crippen LogP contribution in [0.1, 0.15) is 55.3 Å². The van der Waals surface area contributed by atoms with Crippen LogP contribution in [0.5, 0.6) is 0 Å². The topological polar surface area (TPSA) is 0 Å². The second kappa shape index (κ2) is 0. The van der Waals surface area contributed by atoms with Crippen molar-refractivity contribution in [2.24, 2.45) is 0 Å². The average molecular weight is 116 g/mol. The van der Waals surface area contributed by atoms with Gasteiger partial charge in [-0.1, -0.05) is 51.0 Å². The average Bonchev–Trinajstić information content (AvgIpc) is 1.00. The molecule has 0 aliphatic carbocycles. The summed E-state index contributed by atoms with van der Waals surface area (Å²) in [4.78, 5) is 0. The van der Waals surface area contributed by atoms with Crippen molar-refractivity contribution in [1.82, 2.24) is 0 Å². The van der Waals surface area contributed by atoms with Gasteiger partial charge >= 0.3 is 0 Å². The highest BCUT2D eigenvalue weighted by Crippen LogP contribution is 1.14. The van der Waals surface area contributed by atoms with Gasteiger partial charge in [0.2, 0.25) is 0 Å². The molecule has 0 radical (unpaired) electrons. The van der Waals surface area contributed by atoms with E-state index in [9.17, 15) is 0 Å². The number of rotatable bonds is 0. The Morgan fingerprint density at radius 1 is 0.571 bits per heavy atom. The first-order valence-corrected chi connectivity index (χ1v) is 1.00. The molecule has 0 nitrogen and oxygen atoms in total. The zero-order chi connectivity index (χ0) is 2.00. The third-order valence-electron chi connectivity index (χ3n) is 0. The van der Waals surface area contributed by atoms with Crippen LogP contribution in [0.25, 0.3) is 0 Å². The van der Waals surface area contributed by atoms with Crippen molar-refractivity contribution >= 4 is 0 Å². The lowest BCUT2D eigenvalue weighted by molar-refractivity contribution is 1.50. The third-order valence-corrected chi connectivity index (χ3v) is 0. The van der Waals surface area contributed by atoms with Gasteiger partial charge in [-0.05, 0) is 0 Å². The standard InChI is InChI=1S/C2H6.5CH4.3H2/c1-2;;;;;;;;/h1-2H3;5*1H4;3*1H. The Morgan fingerprint density at radius 2 is 0.571 bits per heavy atom. The molecular formula is C7H32. The minimum atomic E-state index is 0. The SMILES string of the molecule is C.C.C.C.C.CC.[HH].[HH].[HH]. The molecule has 0 heteroatoms. The molecule has 0 aromatic heterocycles. The number of hydrogen-bond donors (Lipinski definition) is 0. The highest BCUT2D eigenvalue weighted by atomic mass is 13.0. The van der Waals surface area contributed by atoms with Gasteiger partial charge in [-0.2, -0.15) is 0 Å². The quantitative estimate of drug-likeness (QED) is 0.420. The van der Waals surface area contributed by atoms with Gasteiger partial charge < -0.3 is 0 Å². The zero-order valence-electron chi connectivity index (χ0n) is 2.00. The molecule has 7 heavy (non-hydrogen) atoms. The van der Waals surface area contributed by atoms with E-state index in [1.807, 2.05) is 13.8 Å². The van der Waals surface area contributed by atoms with Crippen LogP contribution in [0, 0.1) is 0 Å². The fraction of sp³-hybridized carbons (Fsp3) is 1.00. The van der Waals surface area contributed by atoms with Crippen molar-refractivity contribution in [2.45, 2.75) is 51.0 Å². The maximum atomic E-state index is 2.00. The van der Waals surface area contributed by atoms with E-state index in [2.05, 4.69) is 0 Å². The number of hydrogen-bond acceptors (Lipinski definition) is 0. The molecule has 0 aliphatic heterocycles. The van der Waals surface area contributed by atoms with Gasteiger partial charge in [0.25, 0.3) is 0 Å². The minimum Gasteiger partial charge on any atom is -0.0776 e. The van der Waals surface area contributed by atoms with Crippen molar-refractivity contribution in [1.29, 1.82) is 0 Å². The van der Waals surface area contributed by atoms with E-state index in [4.69, 9.17) is 0 Å². The Balaban J connectivity index is -0.000000000179. The van der Waals surface area contributed by atoms with Crippen LogP contribution in [-0.2, 0) is 0 Å². The van der Waals surface area contributed by atoms with Gasteiger partial charge in [-0.15, -0.1) is 0 Å². The first kappa shape index (κ1) is 252. The van der Waals surface area contributed by atoms with E-state index < -0.39 is 0 Å². The summed E-state index contributed by atoms with van der Waals surface area (Å²) in [5.41, 5.74) is 0. The summed E-state index contributed by atoms with van der Waals surface area (Å²) in [5.74, 6) is 0. The van der Waals surface area contributed by atoms with Gasteiger partial charge in [0.1, 0.15) is 0 Å². The Bertz CT molecular complexity index is 8.81. The monoisotopic (exact) mass is 116 g/mol. The largest absolute Gasteiger partial charge is 0.0776 e. The van der Waals surface area contributed by atoms with Crippen LogP contribution >= 0.6 is 0 Å². The molecule has 0 aliphatic rings. The minimum absolute atomic E-state index is 0. The molecule has 0 rings (SSSR count). The summed E-state index contributed by atoms with van der Waals surface area (Å²) in [5, 5.41) is 0. The summed E-state index contributed by atoms with van der Waals surface area (Å²) in [6, 6.07) is 0. The fourth-order valence-corrected chi connectivity index (χ4v) is 0. The van der Waals surface area contributed by atoms with Crippen LogP contribution in [0.2, 0.25) is 0 Å². The Kier molecular flexibility index (Phi) is 0. The highest BCUT2D eigenvalue weighted by Gasteiger charge is 0.932. The van der Waals surface area contributed by atoms with E-state index in [0.29, 0.717) is 0 Å². The molecule has 0 bridgehead atoms. The predicted molar refractivity (Wildman–Crippen MR) is 51.3 cm³/mol. The Hall–Kier alpha value is 0. The van der Waals surface area contributed by atoms with E-state index in [1.54, 1.807) is 0 Å². The van der Waals surface area contributed by atoms with Gasteiger partial charge in [-0.3, -0.25) is 0 Å². The summed E-state index contributed by atoms with van der Waals surface area (Å²) >= 11 is 0. The lowest BCUT2D eigenvalue weighted by Crippen LogP contribution is -0.856. The van der Waals surface area contributed by atoms with Crippen molar-refractivity contribution in [3.8, 4) is 0 Å². The van der Waals surface area contributed by atoms with Gasteiger partial charge in [0, 0.05) is 4.28 Å². The predicted octanol–water partition coefficient (Wildman–Crippen LogP) is 4.94.